The van der Waals surface area contributed by atoms with Crippen LogP contribution in [0.15, 0.2) is 42.5 Å². The Morgan fingerprint density at radius 3 is 1.90 bits per heavy atom. The normalized spacial score (nSPS) is 11.8. The van der Waals surface area contributed by atoms with Gasteiger partial charge in [-0.05, 0) is 11.6 Å². The summed E-state index contributed by atoms with van der Waals surface area (Å²) >= 11 is 0. The van der Waals surface area contributed by atoms with Crippen LogP contribution in [-0.2, 0) is 0 Å². The van der Waals surface area contributed by atoms with Crippen molar-refractivity contribution in [3.63, 3.8) is 0 Å². The Morgan fingerprint density at radius 2 is 1.35 bits per heavy atom. The summed E-state index contributed by atoms with van der Waals surface area (Å²) in [7, 11) is 4.68. The Labute approximate surface area is 118 Å². The van der Waals surface area contributed by atoms with Gasteiger partial charge in [-0.15, -0.1) is 0 Å². The molecule has 4 nitrogen and oxygen atoms in total. The molecule has 0 aliphatic rings. The van der Waals surface area contributed by atoms with E-state index in [0.29, 0.717) is 22.8 Å². The van der Waals surface area contributed by atoms with Crippen molar-refractivity contribution >= 4 is 0 Å². The third-order valence-corrected chi connectivity index (χ3v) is 3.15. The first kappa shape index (κ1) is 14.2. The summed E-state index contributed by atoms with van der Waals surface area (Å²) in [6.07, 6.45) is -0.786. The van der Waals surface area contributed by atoms with Crippen LogP contribution >= 0.6 is 0 Å². The molecule has 1 N–H and O–H groups in total. The summed E-state index contributed by atoms with van der Waals surface area (Å²) < 4.78 is 15.8. The highest BCUT2D eigenvalue weighted by Gasteiger charge is 2.19. The fourth-order valence-corrected chi connectivity index (χ4v) is 2.08. The van der Waals surface area contributed by atoms with Crippen molar-refractivity contribution in [1.82, 2.24) is 0 Å². The van der Waals surface area contributed by atoms with E-state index in [1.807, 2.05) is 30.3 Å². The molecule has 0 bridgehead atoms. The molecule has 0 aliphatic heterocycles. The number of benzene rings is 2. The van der Waals surface area contributed by atoms with Crippen LogP contribution in [-0.4, -0.2) is 26.4 Å². The zero-order valence-electron chi connectivity index (χ0n) is 11.8. The fourth-order valence-electron chi connectivity index (χ4n) is 2.08. The molecular formula is C16H18O4. The van der Waals surface area contributed by atoms with Gasteiger partial charge in [-0.25, -0.2) is 0 Å². The lowest BCUT2D eigenvalue weighted by molar-refractivity contribution is 0.213. The average Bonchev–Trinajstić information content (AvgIpc) is 2.53. The van der Waals surface area contributed by atoms with Crippen molar-refractivity contribution in [2.45, 2.75) is 6.10 Å². The van der Waals surface area contributed by atoms with Crippen LogP contribution in [0, 0.1) is 0 Å². The molecule has 2 aromatic carbocycles. The Bertz CT molecular complexity index is 566. The van der Waals surface area contributed by atoms with Crippen LogP contribution in [0.2, 0.25) is 0 Å². The molecule has 0 radical (unpaired) electrons. The number of hydrogen-bond donors (Lipinski definition) is 1. The lowest BCUT2D eigenvalue weighted by Crippen LogP contribution is -2.04. The van der Waals surface area contributed by atoms with E-state index < -0.39 is 6.10 Å². The maximum atomic E-state index is 10.5. The number of rotatable bonds is 5. The molecule has 0 fully saturated rings. The Balaban J connectivity index is 2.49. The first-order chi connectivity index (χ1) is 9.71. The number of methoxy groups -OCH3 is 3. The summed E-state index contributed by atoms with van der Waals surface area (Å²) in [6.45, 7) is 0. The highest BCUT2D eigenvalue weighted by molar-refractivity contribution is 5.53. The van der Waals surface area contributed by atoms with Crippen LogP contribution in [0.3, 0.4) is 0 Å². The fraction of sp³-hybridized carbons (Fsp3) is 0.250. The van der Waals surface area contributed by atoms with Crippen molar-refractivity contribution in [3.05, 3.63) is 53.6 Å². The van der Waals surface area contributed by atoms with Crippen LogP contribution in [0.25, 0.3) is 0 Å². The number of aliphatic hydroxyl groups is 1. The summed E-state index contributed by atoms with van der Waals surface area (Å²) in [5, 5.41) is 10.5. The molecule has 0 aliphatic carbocycles. The van der Waals surface area contributed by atoms with Gasteiger partial charge in [-0.3, -0.25) is 0 Å². The first-order valence-electron chi connectivity index (χ1n) is 6.24. The number of ether oxygens (including phenoxy) is 3. The summed E-state index contributed by atoms with van der Waals surface area (Å²) in [5.74, 6) is 1.67. The molecule has 0 aromatic heterocycles. The van der Waals surface area contributed by atoms with Gasteiger partial charge in [0, 0.05) is 11.6 Å². The van der Waals surface area contributed by atoms with Crippen LogP contribution in [0.4, 0.5) is 0 Å². The minimum atomic E-state index is -0.786. The van der Waals surface area contributed by atoms with Crippen molar-refractivity contribution in [2.75, 3.05) is 21.3 Å². The van der Waals surface area contributed by atoms with Crippen molar-refractivity contribution in [1.29, 1.82) is 0 Å². The largest absolute Gasteiger partial charge is 0.496 e. The van der Waals surface area contributed by atoms with Crippen LogP contribution in [0.1, 0.15) is 17.2 Å². The molecule has 1 atom stereocenters. The second-order valence-corrected chi connectivity index (χ2v) is 4.26. The van der Waals surface area contributed by atoms with Gasteiger partial charge in [-0.1, -0.05) is 30.3 Å². The number of hydrogen-bond acceptors (Lipinski definition) is 4. The predicted molar refractivity (Wildman–Crippen MR) is 76.6 cm³/mol. The SMILES string of the molecule is COc1cc(OC)c(C(O)c2ccccc2)cc1OC. The number of aliphatic hydroxyl groups excluding tert-OH is 1. The molecular weight excluding hydrogens is 256 g/mol. The molecule has 106 valence electrons. The summed E-state index contributed by atoms with van der Waals surface area (Å²) in [4.78, 5) is 0. The molecule has 2 rings (SSSR count). The molecule has 0 saturated heterocycles. The van der Waals surface area contributed by atoms with Crippen LogP contribution in [0.5, 0.6) is 17.2 Å². The zero-order valence-corrected chi connectivity index (χ0v) is 11.8. The van der Waals surface area contributed by atoms with Gasteiger partial charge < -0.3 is 19.3 Å². The molecule has 0 saturated carbocycles. The van der Waals surface area contributed by atoms with Gasteiger partial charge in [0.05, 0.1) is 21.3 Å². The van der Waals surface area contributed by atoms with Gasteiger partial charge in [0.2, 0.25) is 0 Å². The van der Waals surface area contributed by atoms with E-state index >= 15 is 0 Å². The van der Waals surface area contributed by atoms with E-state index in [9.17, 15) is 5.11 Å². The molecule has 0 spiro atoms. The van der Waals surface area contributed by atoms with E-state index in [1.54, 1.807) is 33.5 Å². The highest BCUT2D eigenvalue weighted by atomic mass is 16.5. The van der Waals surface area contributed by atoms with Gasteiger partial charge in [0.15, 0.2) is 11.5 Å². The molecule has 20 heavy (non-hydrogen) atoms. The van der Waals surface area contributed by atoms with Gasteiger partial charge in [-0.2, -0.15) is 0 Å². The van der Waals surface area contributed by atoms with Gasteiger partial charge >= 0.3 is 0 Å². The maximum Gasteiger partial charge on any atom is 0.164 e. The van der Waals surface area contributed by atoms with Gasteiger partial charge in [0.1, 0.15) is 11.9 Å². The van der Waals surface area contributed by atoms with E-state index in [-0.39, 0.29) is 0 Å². The molecule has 2 aromatic rings. The minimum Gasteiger partial charge on any atom is -0.496 e. The Kier molecular flexibility index (Phi) is 4.48. The van der Waals surface area contributed by atoms with E-state index in [0.717, 1.165) is 5.56 Å². The van der Waals surface area contributed by atoms with E-state index in [4.69, 9.17) is 14.2 Å². The monoisotopic (exact) mass is 274 g/mol. The topological polar surface area (TPSA) is 47.9 Å². The molecule has 1 unspecified atom stereocenters. The maximum absolute atomic E-state index is 10.5. The Hall–Kier alpha value is -2.20. The minimum absolute atomic E-state index is 0.554. The van der Waals surface area contributed by atoms with Crippen molar-refractivity contribution < 1.29 is 19.3 Å². The third kappa shape index (κ3) is 2.70. The standard InChI is InChI=1S/C16H18O4/c1-18-13-10-15(20-3)14(19-2)9-12(13)16(17)11-7-5-4-6-8-11/h4-10,16-17H,1-3H3. The second kappa shape index (κ2) is 6.30. The zero-order chi connectivity index (χ0) is 14.5. The molecule has 4 heteroatoms. The lowest BCUT2D eigenvalue weighted by atomic mass is 10.00. The summed E-state index contributed by atoms with van der Waals surface area (Å²) in [6, 6.07) is 12.8. The lowest BCUT2D eigenvalue weighted by Gasteiger charge is -2.18. The van der Waals surface area contributed by atoms with E-state index in [2.05, 4.69) is 0 Å². The first-order valence-corrected chi connectivity index (χ1v) is 6.24. The average molecular weight is 274 g/mol. The third-order valence-electron chi connectivity index (χ3n) is 3.15. The second-order valence-electron chi connectivity index (χ2n) is 4.26. The van der Waals surface area contributed by atoms with Crippen molar-refractivity contribution in [3.8, 4) is 17.2 Å². The Morgan fingerprint density at radius 1 is 0.800 bits per heavy atom. The quantitative estimate of drug-likeness (QED) is 0.910. The van der Waals surface area contributed by atoms with Crippen molar-refractivity contribution in [2.24, 2.45) is 0 Å². The van der Waals surface area contributed by atoms with Gasteiger partial charge in [0.25, 0.3) is 0 Å². The van der Waals surface area contributed by atoms with Crippen LogP contribution < -0.4 is 14.2 Å². The van der Waals surface area contributed by atoms with E-state index in [1.165, 1.54) is 0 Å². The smallest absolute Gasteiger partial charge is 0.164 e. The highest BCUT2D eigenvalue weighted by Crippen LogP contribution is 2.39. The predicted octanol–water partition coefficient (Wildman–Crippen LogP) is 2.79. The summed E-state index contributed by atoms with van der Waals surface area (Å²) in [5.41, 5.74) is 1.43. The molecule has 0 heterocycles. The molecule has 0 amide bonds.